The zero-order valence-corrected chi connectivity index (χ0v) is 11.7. The summed E-state index contributed by atoms with van der Waals surface area (Å²) in [6.45, 7) is 7.94. The highest BCUT2D eigenvalue weighted by molar-refractivity contribution is 5.82. The van der Waals surface area contributed by atoms with Crippen molar-refractivity contribution in [3.05, 3.63) is 0 Å². The van der Waals surface area contributed by atoms with E-state index in [0.29, 0.717) is 12.5 Å². The lowest BCUT2D eigenvalue weighted by atomic mass is 9.89. The number of likely N-dealkylation sites (tertiary alicyclic amines) is 1. The second-order valence-electron chi connectivity index (χ2n) is 5.76. The van der Waals surface area contributed by atoms with Crippen molar-refractivity contribution in [2.24, 2.45) is 17.1 Å². The van der Waals surface area contributed by atoms with E-state index in [2.05, 4.69) is 5.32 Å². The number of rotatable bonds is 4. The molecule has 18 heavy (non-hydrogen) atoms. The molecule has 0 atom stereocenters. The molecule has 0 aromatic carbocycles. The first-order chi connectivity index (χ1) is 8.36. The van der Waals surface area contributed by atoms with Gasteiger partial charge in [0.15, 0.2) is 0 Å². The van der Waals surface area contributed by atoms with Gasteiger partial charge in [0.25, 0.3) is 0 Å². The molecule has 0 aliphatic carbocycles. The summed E-state index contributed by atoms with van der Waals surface area (Å²) < 4.78 is 0. The first-order valence-electron chi connectivity index (χ1n) is 6.60. The molecule has 104 valence electrons. The Morgan fingerprint density at radius 3 is 2.33 bits per heavy atom. The molecule has 0 saturated carbocycles. The number of nitrogens with two attached hydrogens (primary N) is 1. The maximum atomic E-state index is 12.2. The van der Waals surface area contributed by atoms with Crippen molar-refractivity contribution in [2.45, 2.75) is 33.6 Å². The van der Waals surface area contributed by atoms with Crippen molar-refractivity contribution >= 4 is 11.8 Å². The third-order valence-corrected chi connectivity index (χ3v) is 3.63. The second kappa shape index (κ2) is 6.18. The minimum absolute atomic E-state index is 0.0118. The van der Waals surface area contributed by atoms with Gasteiger partial charge in [0.05, 0.1) is 5.41 Å². The average Bonchev–Trinajstić information content (AvgIpc) is 2.36. The minimum Gasteiger partial charge on any atom is -0.356 e. The van der Waals surface area contributed by atoms with Gasteiger partial charge in [-0.25, -0.2) is 0 Å². The van der Waals surface area contributed by atoms with Crippen LogP contribution in [0.1, 0.15) is 33.6 Å². The van der Waals surface area contributed by atoms with Crippen molar-refractivity contribution in [3.8, 4) is 0 Å². The monoisotopic (exact) mass is 255 g/mol. The van der Waals surface area contributed by atoms with Gasteiger partial charge in [-0.1, -0.05) is 0 Å². The Hall–Kier alpha value is -1.10. The van der Waals surface area contributed by atoms with Crippen LogP contribution >= 0.6 is 0 Å². The molecule has 5 nitrogen and oxygen atoms in total. The van der Waals surface area contributed by atoms with E-state index in [1.807, 2.05) is 18.7 Å². The molecule has 3 N–H and O–H groups in total. The third-order valence-electron chi connectivity index (χ3n) is 3.63. The Bertz CT molecular complexity index is 307. The fourth-order valence-electron chi connectivity index (χ4n) is 2.14. The summed E-state index contributed by atoms with van der Waals surface area (Å²) in [6, 6.07) is 0. The number of amides is 2. The number of carbonyl (C=O) groups is 2. The predicted molar refractivity (Wildman–Crippen MR) is 70.8 cm³/mol. The Morgan fingerprint density at radius 1 is 1.33 bits per heavy atom. The molecule has 0 aromatic rings. The number of carbonyl (C=O) groups excluding carboxylic acids is 2. The van der Waals surface area contributed by atoms with Crippen LogP contribution in [0.4, 0.5) is 0 Å². The lowest BCUT2D eigenvalue weighted by Crippen LogP contribution is -2.48. The molecule has 1 aliphatic heterocycles. The smallest absolute Gasteiger partial charge is 0.229 e. The largest absolute Gasteiger partial charge is 0.356 e. The highest BCUT2D eigenvalue weighted by Crippen LogP contribution is 2.22. The quantitative estimate of drug-likeness (QED) is 0.761. The molecule has 1 saturated heterocycles. The fourth-order valence-corrected chi connectivity index (χ4v) is 2.14. The summed E-state index contributed by atoms with van der Waals surface area (Å²) in [7, 11) is 0. The van der Waals surface area contributed by atoms with Gasteiger partial charge in [-0.15, -0.1) is 0 Å². The molecule has 1 aliphatic rings. The van der Waals surface area contributed by atoms with Crippen molar-refractivity contribution < 1.29 is 9.59 Å². The molecule has 1 rings (SSSR count). The van der Waals surface area contributed by atoms with Crippen LogP contribution in [0.5, 0.6) is 0 Å². The summed E-state index contributed by atoms with van der Waals surface area (Å²) in [5, 5.41) is 2.84. The van der Waals surface area contributed by atoms with Gasteiger partial charge < -0.3 is 16.0 Å². The normalized spacial score (nSPS) is 17.7. The van der Waals surface area contributed by atoms with E-state index in [-0.39, 0.29) is 11.8 Å². The maximum Gasteiger partial charge on any atom is 0.229 e. The molecular weight excluding hydrogens is 230 g/mol. The summed E-state index contributed by atoms with van der Waals surface area (Å²) in [6.07, 6.45) is 1.90. The molecular formula is C13H25N3O2. The average molecular weight is 255 g/mol. The Morgan fingerprint density at radius 2 is 1.89 bits per heavy atom. The van der Waals surface area contributed by atoms with Crippen LogP contribution in [0.25, 0.3) is 0 Å². The SMILES string of the molecule is CC(=O)NCC1CCN(C(=O)C(C)(C)CN)CC1. The number of nitrogens with one attached hydrogen (secondary N) is 1. The van der Waals surface area contributed by atoms with Gasteiger partial charge >= 0.3 is 0 Å². The van der Waals surface area contributed by atoms with E-state index in [1.165, 1.54) is 6.92 Å². The molecule has 2 amide bonds. The van der Waals surface area contributed by atoms with E-state index < -0.39 is 5.41 Å². The lowest BCUT2D eigenvalue weighted by molar-refractivity contribution is -0.141. The van der Waals surface area contributed by atoms with Crippen LogP contribution < -0.4 is 11.1 Å². The van der Waals surface area contributed by atoms with E-state index in [9.17, 15) is 9.59 Å². The zero-order valence-electron chi connectivity index (χ0n) is 11.7. The molecule has 0 aromatic heterocycles. The van der Waals surface area contributed by atoms with Crippen molar-refractivity contribution in [2.75, 3.05) is 26.2 Å². The van der Waals surface area contributed by atoms with Gasteiger partial charge in [0.2, 0.25) is 11.8 Å². The molecule has 5 heteroatoms. The van der Waals surface area contributed by atoms with Gasteiger partial charge in [-0.2, -0.15) is 0 Å². The molecule has 0 unspecified atom stereocenters. The van der Waals surface area contributed by atoms with Crippen LogP contribution in [0, 0.1) is 11.3 Å². The predicted octanol–water partition coefficient (Wildman–Crippen LogP) is 0.346. The maximum absolute atomic E-state index is 12.2. The first kappa shape index (κ1) is 15.0. The van der Waals surface area contributed by atoms with Gasteiger partial charge in [-0.05, 0) is 32.6 Å². The van der Waals surface area contributed by atoms with Crippen molar-refractivity contribution in [1.82, 2.24) is 10.2 Å². The van der Waals surface area contributed by atoms with E-state index >= 15 is 0 Å². The van der Waals surface area contributed by atoms with E-state index in [0.717, 1.165) is 32.5 Å². The van der Waals surface area contributed by atoms with Crippen LogP contribution in [-0.2, 0) is 9.59 Å². The number of nitrogens with zero attached hydrogens (tertiary/aromatic N) is 1. The standard InChI is InChI=1S/C13H25N3O2/c1-10(17)15-8-11-4-6-16(7-5-11)12(18)13(2,3)9-14/h11H,4-9,14H2,1-3H3,(H,15,17). The summed E-state index contributed by atoms with van der Waals surface area (Å²) >= 11 is 0. The van der Waals surface area contributed by atoms with Crippen molar-refractivity contribution in [3.63, 3.8) is 0 Å². The van der Waals surface area contributed by atoms with Crippen LogP contribution in [0.3, 0.4) is 0 Å². The molecule has 0 radical (unpaired) electrons. The fraction of sp³-hybridized carbons (Fsp3) is 0.846. The third kappa shape index (κ3) is 3.98. The lowest BCUT2D eigenvalue weighted by Gasteiger charge is -2.36. The van der Waals surface area contributed by atoms with Crippen LogP contribution in [-0.4, -0.2) is 42.9 Å². The topological polar surface area (TPSA) is 75.4 Å². The van der Waals surface area contributed by atoms with Crippen LogP contribution in [0.15, 0.2) is 0 Å². The summed E-state index contributed by atoms with van der Waals surface area (Å²) in [5.74, 6) is 0.639. The first-order valence-corrected chi connectivity index (χ1v) is 6.60. The molecule has 0 spiro atoms. The number of hydrogen-bond acceptors (Lipinski definition) is 3. The minimum atomic E-state index is -0.468. The highest BCUT2D eigenvalue weighted by atomic mass is 16.2. The van der Waals surface area contributed by atoms with Gasteiger partial charge in [0, 0.05) is 33.1 Å². The molecule has 1 heterocycles. The number of hydrogen-bond donors (Lipinski definition) is 2. The molecule has 1 fully saturated rings. The Kier molecular flexibility index (Phi) is 5.14. The summed E-state index contributed by atoms with van der Waals surface area (Å²) in [4.78, 5) is 24.9. The Labute approximate surface area is 109 Å². The molecule has 0 bridgehead atoms. The highest BCUT2D eigenvalue weighted by Gasteiger charge is 2.32. The Balaban J connectivity index is 2.39. The van der Waals surface area contributed by atoms with E-state index in [1.54, 1.807) is 0 Å². The zero-order chi connectivity index (χ0) is 13.8. The number of piperidine rings is 1. The van der Waals surface area contributed by atoms with E-state index in [4.69, 9.17) is 5.73 Å². The van der Waals surface area contributed by atoms with Crippen LogP contribution in [0.2, 0.25) is 0 Å². The summed E-state index contributed by atoms with van der Waals surface area (Å²) in [5.41, 5.74) is 5.16. The van der Waals surface area contributed by atoms with Crippen molar-refractivity contribution in [1.29, 1.82) is 0 Å². The second-order valence-corrected chi connectivity index (χ2v) is 5.76. The van der Waals surface area contributed by atoms with Gasteiger partial charge in [-0.3, -0.25) is 9.59 Å². The van der Waals surface area contributed by atoms with Gasteiger partial charge in [0.1, 0.15) is 0 Å².